The van der Waals surface area contributed by atoms with Crippen LogP contribution in [0.15, 0.2) is 65.0 Å². The third-order valence-corrected chi connectivity index (χ3v) is 8.59. The summed E-state index contributed by atoms with van der Waals surface area (Å²) in [6.45, 7) is 4.70. The molecule has 1 aromatic carbocycles. The highest BCUT2D eigenvalue weighted by Crippen LogP contribution is 2.64. The summed E-state index contributed by atoms with van der Waals surface area (Å²) in [5.41, 5.74) is 4.38. The van der Waals surface area contributed by atoms with Crippen molar-refractivity contribution < 1.29 is 14.6 Å². The number of ether oxygens (including phenoxy) is 1. The first-order valence-electron chi connectivity index (χ1n) is 11.5. The van der Waals surface area contributed by atoms with E-state index in [1.165, 1.54) is 11.1 Å². The molecule has 3 nitrogen and oxygen atoms in total. The van der Waals surface area contributed by atoms with Gasteiger partial charge < -0.3 is 9.84 Å². The topological polar surface area (TPSA) is 46.5 Å². The summed E-state index contributed by atoms with van der Waals surface area (Å²) in [4.78, 5) is 12.0. The first-order valence-corrected chi connectivity index (χ1v) is 11.5. The Hall–Kier alpha value is -2.13. The third-order valence-electron chi connectivity index (χ3n) is 8.59. The van der Waals surface area contributed by atoms with Gasteiger partial charge in [-0.2, -0.15) is 0 Å². The van der Waals surface area contributed by atoms with E-state index in [2.05, 4.69) is 19.9 Å². The zero-order valence-corrected chi connectivity index (χ0v) is 18.1. The Morgan fingerprint density at radius 2 is 1.93 bits per heavy atom. The first-order chi connectivity index (χ1) is 14.5. The minimum Gasteiger partial charge on any atom is -0.459 e. The molecular weight excluding hydrogens is 372 g/mol. The number of rotatable bonds is 3. The summed E-state index contributed by atoms with van der Waals surface area (Å²) >= 11 is 0. The Balaban J connectivity index is 1.51. The molecule has 0 unspecified atom stereocenters. The maximum atomic E-state index is 12.0. The molecule has 0 aromatic heterocycles. The molecule has 0 aliphatic heterocycles. The van der Waals surface area contributed by atoms with Gasteiger partial charge in [-0.25, -0.2) is 0 Å². The Kier molecular flexibility index (Phi) is 4.77. The van der Waals surface area contributed by atoms with Gasteiger partial charge in [-0.1, -0.05) is 49.3 Å². The Labute approximate surface area is 179 Å². The van der Waals surface area contributed by atoms with Crippen LogP contribution in [-0.2, 0) is 4.79 Å². The fraction of sp³-hybridized carbons (Fsp3) is 0.519. The largest absolute Gasteiger partial charge is 0.459 e. The minimum absolute atomic E-state index is 0.0447. The fourth-order valence-electron chi connectivity index (χ4n) is 6.96. The molecule has 0 radical (unpaired) electrons. The van der Waals surface area contributed by atoms with Crippen LogP contribution < -0.4 is 4.74 Å². The van der Waals surface area contributed by atoms with Gasteiger partial charge in [0.25, 0.3) is 0 Å². The highest BCUT2D eigenvalue weighted by molar-refractivity contribution is 5.92. The number of hydrogen-bond donors (Lipinski definition) is 1. The van der Waals surface area contributed by atoms with Crippen LogP contribution in [0, 0.1) is 22.7 Å². The Bertz CT molecular complexity index is 954. The fourth-order valence-corrected chi connectivity index (χ4v) is 6.96. The lowest BCUT2D eigenvalue weighted by atomic mass is 9.51. The van der Waals surface area contributed by atoms with Crippen molar-refractivity contribution in [3.05, 3.63) is 65.0 Å². The number of benzene rings is 1. The van der Waals surface area contributed by atoms with Gasteiger partial charge in [-0.05, 0) is 79.6 Å². The van der Waals surface area contributed by atoms with E-state index < -0.39 is 0 Å². The molecule has 2 fully saturated rings. The molecule has 0 heterocycles. The second-order valence-corrected chi connectivity index (χ2v) is 10.0. The summed E-state index contributed by atoms with van der Waals surface area (Å²) in [6.07, 6.45) is 11.4. The maximum absolute atomic E-state index is 12.0. The number of ketones is 1. The number of para-hydroxylation sites is 1. The normalized spacial score (nSPS) is 36.8. The summed E-state index contributed by atoms with van der Waals surface area (Å²) in [6, 6.07) is 9.80. The first kappa shape index (κ1) is 19.8. The van der Waals surface area contributed by atoms with Crippen molar-refractivity contribution in [2.75, 3.05) is 6.61 Å². The third kappa shape index (κ3) is 2.93. The standard InChI is InChI=1S/C27H32O3/c1-26-14-12-19(29)16-18(26)8-9-21-22-10-11-24(27(22,2)15-13-23(21)26)25(17-28)30-20-6-4-3-5-7-20/h3-7,13,16,21-22,28H,8-12,14-15,17H2,1-2H3/t21-,22-,26-,27-/m0/s1. The molecule has 5 rings (SSSR count). The smallest absolute Gasteiger partial charge is 0.155 e. The Morgan fingerprint density at radius 1 is 1.13 bits per heavy atom. The quantitative estimate of drug-likeness (QED) is 0.514. The minimum atomic E-state index is -0.0551. The van der Waals surface area contributed by atoms with Gasteiger partial charge >= 0.3 is 0 Å². The van der Waals surface area contributed by atoms with Crippen LogP contribution in [0.4, 0.5) is 0 Å². The number of allylic oxidation sites excluding steroid dienone is 5. The van der Waals surface area contributed by atoms with Crippen molar-refractivity contribution in [1.82, 2.24) is 0 Å². The Morgan fingerprint density at radius 3 is 2.70 bits per heavy atom. The van der Waals surface area contributed by atoms with E-state index in [-0.39, 0.29) is 17.4 Å². The van der Waals surface area contributed by atoms with Crippen LogP contribution in [0.1, 0.15) is 58.8 Å². The average molecular weight is 405 g/mol. The van der Waals surface area contributed by atoms with Crippen LogP contribution >= 0.6 is 0 Å². The number of aliphatic hydroxyl groups is 1. The van der Waals surface area contributed by atoms with Gasteiger partial charge in [-0.3, -0.25) is 4.79 Å². The molecule has 0 saturated heterocycles. The second-order valence-electron chi connectivity index (χ2n) is 10.0. The van der Waals surface area contributed by atoms with Gasteiger partial charge in [0, 0.05) is 11.8 Å². The van der Waals surface area contributed by atoms with Crippen LogP contribution in [0.3, 0.4) is 0 Å². The van der Waals surface area contributed by atoms with Gasteiger partial charge in [-0.15, -0.1) is 0 Å². The highest BCUT2D eigenvalue weighted by atomic mass is 16.5. The molecule has 4 aliphatic rings. The number of carbonyl (C=O) groups is 1. The number of hydrogen-bond acceptors (Lipinski definition) is 3. The monoisotopic (exact) mass is 404 g/mol. The van der Waals surface area contributed by atoms with Gasteiger partial charge in [0.1, 0.15) is 18.1 Å². The van der Waals surface area contributed by atoms with Gasteiger partial charge in [0.2, 0.25) is 0 Å². The molecule has 3 heteroatoms. The molecule has 158 valence electrons. The van der Waals surface area contributed by atoms with Crippen LogP contribution in [0.2, 0.25) is 0 Å². The van der Waals surface area contributed by atoms with Crippen molar-refractivity contribution in [2.24, 2.45) is 22.7 Å². The van der Waals surface area contributed by atoms with E-state index >= 15 is 0 Å². The molecule has 0 amide bonds. The van der Waals surface area contributed by atoms with E-state index in [1.807, 2.05) is 36.4 Å². The molecule has 0 bridgehead atoms. The van der Waals surface area contributed by atoms with Crippen LogP contribution in [0.25, 0.3) is 0 Å². The summed E-state index contributed by atoms with van der Waals surface area (Å²) in [5.74, 6) is 3.01. The van der Waals surface area contributed by atoms with E-state index in [4.69, 9.17) is 4.74 Å². The van der Waals surface area contributed by atoms with Crippen molar-refractivity contribution in [3.8, 4) is 5.75 Å². The van der Waals surface area contributed by atoms with Crippen molar-refractivity contribution >= 4 is 5.78 Å². The molecule has 1 aromatic rings. The molecule has 1 N–H and O–H groups in total. The molecule has 4 aliphatic carbocycles. The van der Waals surface area contributed by atoms with Crippen molar-refractivity contribution in [3.63, 3.8) is 0 Å². The molecule has 0 spiro atoms. The lowest BCUT2D eigenvalue weighted by molar-refractivity contribution is -0.115. The summed E-state index contributed by atoms with van der Waals surface area (Å²) in [5, 5.41) is 10.2. The van der Waals surface area contributed by atoms with E-state index in [0.717, 1.165) is 50.0 Å². The second kappa shape index (κ2) is 7.23. The zero-order valence-electron chi connectivity index (χ0n) is 18.1. The lowest BCUT2D eigenvalue weighted by Crippen LogP contribution is -2.43. The van der Waals surface area contributed by atoms with Crippen LogP contribution in [0.5, 0.6) is 5.75 Å². The predicted octanol–water partition coefficient (Wildman–Crippen LogP) is 5.76. The number of carbonyl (C=O) groups excluding carboxylic acids is 1. The summed E-state index contributed by atoms with van der Waals surface area (Å²) < 4.78 is 6.18. The SMILES string of the molecule is C[C@]12CCC(=O)C=C1CC[C@@H]1C2=CC[C@]2(C)C(=C(CO)Oc3ccccc3)CC[C@@H]12. The van der Waals surface area contributed by atoms with Crippen molar-refractivity contribution in [2.45, 2.75) is 58.8 Å². The maximum Gasteiger partial charge on any atom is 0.155 e. The van der Waals surface area contributed by atoms with E-state index in [1.54, 1.807) is 5.57 Å². The van der Waals surface area contributed by atoms with Gasteiger partial charge in [0.15, 0.2) is 5.78 Å². The number of fused-ring (bicyclic) bond motifs is 5. The molecule has 2 saturated carbocycles. The molecular formula is C27H32O3. The van der Waals surface area contributed by atoms with Crippen molar-refractivity contribution in [1.29, 1.82) is 0 Å². The van der Waals surface area contributed by atoms with E-state index in [0.29, 0.717) is 24.0 Å². The molecule has 4 atom stereocenters. The van der Waals surface area contributed by atoms with E-state index in [9.17, 15) is 9.90 Å². The highest BCUT2D eigenvalue weighted by Gasteiger charge is 2.55. The van der Waals surface area contributed by atoms with Crippen LogP contribution in [-0.4, -0.2) is 17.5 Å². The zero-order chi connectivity index (χ0) is 20.9. The number of aliphatic hydroxyl groups excluding tert-OH is 1. The predicted molar refractivity (Wildman–Crippen MR) is 118 cm³/mol. The summed E-state index contributed by atoms with van der Waals surface area (Å²) in [7, 11) is 0. The van der Waals surface area contributed by atoms with Gasteiger partial charge in [0.05, 0.1) is 0 Å². The molecule has 30 heavy (non-hydrogen) atoms. The lowest BCUT2D eigenvalue weighted by Gasteiger charge is -2.52. The average Bonchev–Trinajstić information content (AvgIpc) is 3.10.